The quantitative estimate of drug-likeness (QED) is 0.446. The third-order valence-corrected chi connectivity index (χ3v) is 3.52. The molecule has 0 spiro atoms. The lowest BCUT2D eigenvalue weighted by Crippen LogP contribution is -2.34. The fourth-order valence-electron chi connectivity index (χ4n) is 2.20. The smallest absolute Gasteiger partial charge is 0.422 e. The van der Waals surface area contributed by atoms with E-state index in [4.69, 9.17) is 17.0 Å². The zero-order valence-electron chi connectivity index (χ0n) is 13.0. The van der Waals surface area contributed by atoms with E-state index in [0.717, 1.165) is 25.0 Å². The number of alkyl halides is 3. The molecule has 0 radical (unpaired) electrons. The highest BCUT2D eigenvalue weighted by atomic mass is 32.1. The monoisotopic (exact) mass is 379 g/mol. The molecular formula is C14H16F3N3O4S. The van der Waals surface area contributed by atoms with E-state index >= 15 is 0 Å². The Morgan fingerprint density at radius 3 is 2.80 bits per heavy atom. The van der Waals surface area contributed by atoms with Crippen molar-refractivity contribution in [2.45, 2.75) is 25.1 Å². The van der Waals surface area contributed by atoms with Crippen LogP contribution in [0.1, 0.15) is 12.8 Å². The van der Waals surface area contributed by atoms with E-state index in [1.54, 1.807) is 0 Å². The maximum Gasteiger partial charge on any atom is 0.422 e. The molecule has 1 fully saturated rings. The van der Waals surface area contributed by atoms with Gasteiger partial charge in [0.1, 0.15) is 5.75 Å². The highest BCUT2D eigenvalue weighted by Gasteiger charge is 2.28. The van der Waals surface area contributed by atoms with Gasteiger partial charge in [0.25, 0.3) is 5.69 Å². The topological polar surface area (TPSA) is 85.7 Å². The van der Waals surface area contributed by atoms with Gasteiger partial charge in [0, 0.05) is 25.3 Å². The van der Waals surface area contributed by atoms with Gasteiger partial charge in [-0.2, -0.15) is 13.2 Å². The van der Waals surface area contributed by atoms with Crippen LogP contribution in [0.25, 0.3) is 0 Å². The van der Waals surface area contributed by atoms with E-state index < -0.39 is 23.4 Å². The van der Waals surface area contributed by atoms with Crippen molar-refractivity contribution in [2.24, 2.45) is 0 Å². The van der Waals surface area contributed by atoms with Crippen LogP contribution in [0.3, 0.4) is 0 Å². The van der Waals surface area contributed by atoms with Crippen molar-refractivity contribution in [2.75, 3.05) is 25.1 Å². The van der Waals surface area contributed by atoms with Crippen molar-refractivity contribution in [3.05, 3.63) is 28.3 Å². The first-order chi connectivity index (χ1) is 11.7. The molecule has 25 heavy (non-hydrogen) atoms. The van der Waals surface area contributed by atoms with E-state index in [0.29, 0.717) is 13.2 Å². The Balaban J connectivity index is 2.00. The number of non-ortho nitro benzene ring substituents is 1. The maximum atomic E-state index is 12.2. The molecule has 1 aliphatic heterocycles. The Bertz CT molecular complexity index is 636. The molecule has 1 aromatic rings. The third-order valence-electron chi connectivity index (χ3n) is 3.28. The largest absolute Gasteiger partial charge is 0.484 e. The number of anilines is 1. The SMILES string of the molecule is O=[N+]([O-])c1cc(NC(=S)NCC2CCCO2)cc(OCC(F)(F)F)c1. The zero-order valence-corrected chi connectivity index (χ0v) is 13.8. The van der Waals surface area contributed by atoms with Crippen molar-refractivity contribution in [1.29, 1.82) is 0 Å². The summed E-state index contributed by atoms with van der Waals surface area (Å²) in [5, 5.41) is 16.7. The van der Waals surface area contributed by atoms with Crippen molar-refractivity contribution in [3.63, 3.8) is 0 Å². The van der Waals surface area contributed by atoms with Crippen molar-refractivity contribution < 1.29 is 27.6 Å². The Hall–Kier alpha value is -2.14. The number of halogens is 3. The molecule has 2 N–H and O–H groups in total. The third kappa shape index (κ3) is 6.70. The van der Waals surface area contributed by atoms with Crippen LogP contribution in [0.5, 0.6) is 5.75 Å². The van der Waals surface area contributed by atoms with Crippen LogP contribution >= 0.6 is 12.2 Å². The normalized spacial score (nSPS) is 17.2. The van der Waals surface area contributed by atoms with Gasteiger partial charge in [-0.15, -0.1) is 0 Å². The van der Waals surface area contributed by atoms with Gasteiger partial charge in [0.2, 0.25) is 0 Å². The first kappa shape index (κ1) is 19.2. The molecule has 11 heteroatoms. The predicted molar refractivity (Wildman–Crippen MR) is 87.8 cm³/mol. The second-order valence-corrected chi connectivity index (χ2v) is 5.75. The Morgan fingerprint density at radius 1 is 1.44 bits per heavy atom. The molecule has 0 bridgehead atoms. The number of nitrogens with one attached hydrogen (secondary N) is 2. The molecule has 0 aliphatic carbocycles. The van der Waals surface area contributed by atoms with E-state index in [1.807, 2.05) is 0 Å². The van der Waals surface area contributed by atoms with Crippen molar-refractivity contribution in [3.8, 4) is 5.75 Å². The van der Waals surface area contributed by atoms with Gasteiger partial charge in [-0.3, -0.25) is 10.1 Å². The van der Waals surface area contributed by atoms with Gasteiger partial charge < -0.3 is 20.1 Å². The molecule has 1 aromatic carbocycles. The van der Waals surface area contributed by atoms with Crippen LogP contribution in [0.4, 0.5) is 24.5 Å². The predicted octanol–water partition coefficient (Wildman–Crippen LogP) is 3.00. The number of rotatable bonds is 6. The average molecular weight is 379 g/mol. The first-order valence-corrected chi connectivity index (χ1v) is 7.79. The van der Waals surface area contributed by atoms with Gasteiger partial charge in [0.15, 0.2) is 11.7 Å². The molecule has 1 aliphatic rings. The first-order valence-electron chi connectivity index (χ1n) is 7.38. The number of nitrogens with zero attached hydrogens (tertiary/aromatic N) is 1. The lowest BCUT2D eigenvalue weighted by molar-refractivity contribution is -0.384. The van der Waals surface area contributed by atoms with Crippen molar-refractivity contribution >= 4 is 28.7 Å². The minimum atomic E-state index is -4.55. The Kier molecular flexibility index (Phi) is 6.37. The Labute approximate surface area is 146 Å². The molecule has 1 atom stereocenters. The standard InChI is InChI=1S/C14H16F3N3O4S/c15-14(16,17)8-24-12-5-9(4-10(6-12)20(21)22)19-13(25)18-7-11-2-1-3-23-11/h4-6,11H,1-3,7-8H2,(H2,18,19,25). The maximum absolute atomic E-state index is 12.2. The van der Waals surface area contributed by atoms with Crippen LogP contribution in [0, 0.1) is 10.1 Å². The zero-order chi connectivity index (χ0) is 18.4. The number of thiocarbonyl (C=S) groups is 1. The van der Waals surface area contributed by atoms with Gasteiger partial charge in [-0.05, 0) is 25.1 Å². The average Bonchev–Trinajstić information content (AvgIpc) is 3.03. The molecule has 1 saturated heterocycles. The molecular weight excluding hydrogens is 363 g/mol. The van der Waals surface area contributed by atoms with Crippen LogP contribution in [0.2, 0.25) is 0 Å². The summed E-state index contributed by atoms with van der Waals surface area (Å²) >= 11 is 5.08. The summed E-state index contributed by atoms with van der Waals surface area (Å²) in [6, 6.07) is 3.28. The lowest BCUT2D eigenvalue weighted by Gasteiger charge is -2.15. The second kappa shape index (κ2) is 8.30. The van der Waals surface area contributed by atoms with Crippen molar-refractivity contribution in [1.82, 2.24) is 5.32 Å². The van der Waals surface area contributed by atoms with E-state index in [9.17, 15) is 23.3 Å². The van der Waals surface area contributed by atoms with Gasteiger partial charge in [-0.25, -0.2) is 0 Å². The number of nitro benzene ring substituents is 1. The minimum absolute atomic E-state index is 0.0375. The van der Waals surface area contributed by atoms with E-state index in [1.165, 1.54) is 6.07 Å². The summed E-state index contributed by atoms with van der Waals surface area (Å²) in [6.45, 7) is -0.384. The van der Waals surface area contributed by atoms with Gasteiger partial charge in [-0.1, -0.05) is 0 Å². The van der Waals surface area contributed by atoms with E-state index in [-0.39, 0.29) is 22.7 Å². The molecule has 138 valence electrons. The number of hydrogen-bond donors (Lipinski definition) is 2. The van der Waals surface area contributed by atoms with Crippen LogP contribution in [-0.2, 0) is 4.74 Å². The number of ether oxygens (including phenoxy) is 2. The molecule has 2 rings (SSSR count). The molecule has 1 heterocycles. The molecule has 0 aromatic heterocycles. The summed E-state index contributed by atoms with van der Waals surface area (Å²) in [7, 11) is 0. The van der Waals surface area contributed by atoms with Gasteiger partial charge >= 0.3 is 6.18 Å². The fourth-order valence-corrected chi connectivity index (χ4v) is 2.40. The van der Waals surface area contributed by atoms with E-state index in [2.05, 4.69) is 15.4 Å². The van der Waals surface area contributed by atoms with Crippen LogP contribution < -0.4 is 15.4 Å². The van der Waals surface area contributed by atoms with Crippen LogP contribution in [-0.4, -0.2) is 42.1 Å². The van der Waals surface area contributed by atoms with Crippen LogP contribution in [0.15, 0.2) is 18.2 Å². The summed E-state index contributed by atoms with van der Waals surface area (Å²) < 4.78 is 46.7. The van der Waals surface area contributed by atoms with Gasteiger partial charge in [0.05, 0.1) is 22.8 Å². The second-order valence-electron chi connectivity index (χ2n) is 5.35. The molecule has 1 unspecified atom stereocenters. The Morgan fingerprint density at radius 2 is 2.20 bits per heavy atom. The summed E-state index contributed by atoms with van der Waals surface area (Å²) in [4.78, 5) is 10.2. The number of benzene rings is 1. The molecule has 0 saturated carbocycles. The summed E-state index contributed by atoms with van der Waals surface area (Å²) in [5.41, 5.74) is -0.264. The number of hydrogen-bond acceptors (Lipinski definition) is 5. The highest BCUT2D eigenvalue weighted by Crippen LogP contribution is 2.27. The molecule has 7 nitrogen and oxygen atoms in total. The molecule has 0 amide bonds. The highest BCUT2D eigenvalue weighted by molar-refractivity contribution is 7.80. The summed E-state index contributed by atoms with van der Waals surface area (Å²) in [5.74, 6) is -0.282. The lowest BCUT2D eigenvalue weighted by atomic mass is 10.2. The summed E-state index contributed by atoms with van der Waals surface area (Å²) in [6.07, 6.45) is -2.63. The number of nitro groups is 1. The minimum Gasteiger partial charge on any atom is -0.484 e. The fraction of sp³-hybridized carbons (Fsp3) is 0.500.